The van der Waals surface area contributed by atoms with Crippen LogP contribution in [-0.2, 0) is 0 Å². The van der Waals surface area contributed by atoms with Crippen LogP contribution in [0.1, 0.15) is 32.1 Å². The Hall–Kier alpha value is -4.62. The van der Waals surface area contributed by atoms with Crippen LogP contribution in [0.15, 0.2) is 77.5 Å². The number of carbonyl (C=O) groups is 2. The van der Waals surface area contributed by atoms with Gasteiger partial charge in [-0.25, -0.2) is 18.7 Å². The van der Waals surface area contributed by atoms with Gasteiger partial charge in [0, 0.05) is 33.6 Å². The number of carbonyl (C=O) groups excluding carboxylic acids is 2. The summed E-state index contributed by atoms with van der Waals surface area (Å²) in [5.41, 5.74) is 2.37. The molecule has 0 aliphatic heterocycles. The fraction of sp³-hybridized carbons (Fsp3) is 0. The van der Waals surface area contributed by atoms with E-state index in [1.165, 1.54) is 48.8 Å². The average Bonchev–Trinajstić information content (AvgIpc) is 2.94. The van der Waals surface area contributed by atoms with Crippen molar-refractivity contribution in [2.45, 2.75) is 0 Å². The number of benzene rings is 2. The van der Waals surface area contributed by atoms with Gasteiger partial charge in [0.25, 0.3) is 0 Å². The first-order valence-corrected chi connectivity index (χ1v) is 11.2. The zero-order chi connectivity index (χ0) is 28.1. The van der Waals surface area contributed by atoms with E-state index in [0.717, 1.165) is 11.8 Å². The lowest BCUT2D eigenvalue weighted by molar-refractivity contribution is 0.111. The predicted octanol–water partition coefficient (Wildman–Crippen LogP) is 3.61. The summed E-state index contributed by atoms with van der Waals surface area (Å²) in [5, 5.41) is 34.1. The average molecular weight is 577 g/mol. The minimum atomic E-state index is -1.46. The molecule has 2 heterocycles. The molecule has 0 aliphatic carbocycles. The molecule has 38 heavy (non-hydrogen) atoms. The highest BCUT2D eigenvalue weighted by atomic mass is 79.9. The summed E-state index contributed by atoms with van der Waals surface area (Å²) in [7, 11) is -1.46. The van der Waals surface area contributed by atoms with Gasteiger partial charge in [0.05, 0.1) is 0 Å². The van der Waals surface area contributed by atoms with Crippen molar-refractivity contribution in [3.63, 3.8) is 0 Å². The largest absolute Gasteiger partial charge is 0.488 e. The lowest BCUT2D eigenvalue weighted by atomic mass is 9.80. The Morgan fingerprint density at radius 3 is 1.66 bits per heavy atom. The van der Waals surface area contributed by atoms with E-state index in [2.05, 4.69) is 25.9 Å². The van der Waals surface area contributed by atoms with Gasteiger partial charge in [-0.05, 0) is 39.1 Å². The van der Waals surface area contributed by atoms with E-state index in [-0.39, 0.29) is 11.4 Å². The molecule has 0 bridgehead atoms. The lowest BCUT2D eigenvalue weighted by Crippen LogP contribution is -2.29. The summed E-state index contributed by atoms with van der Waals surface area (Å²) in [4.78, 5) is 27.9. The van der Waals surface area contributed by atoms with Gasteiger partial charge < -0.3 is 10.0 Å². The number of hydrogen-bond acceptors (Lipinski definition) is 8. The van der Waals surface area contributed by atoms with Crippen molar-refractivity contribution in [1.82, 2.24) is 9.97 Å². The molecule has 2 aromatic carbocycles. The molecule has 12 heteroatoms. The van der Waals surface area contributed by atoms with E-state index >= 15 is 0 Å². The van der Waals surface area contributed by atoms with Crippen molar-refractivity contribution < 1.29 is 28.4 Å². The van der Waals surface area contributed by atoms with Crippen molar-refractivity contribution >= 4 is 41.1 Å². The number of nitrogens with zero attached hydrogens (tertiary/aromatic N) is 4. The predicted molar refractivity (Wildman–Crippen MR) is 138 cm³/mol. The van der Waals surface area contributed by atoms with E-state index in [4.69, 9.17) is 20.6 Å². The molecule has 188 valence electrons. The number of halogens is 3. The van der Waals surface area contributed by atoms with Gasteiger partial charge in [-0.1, -0.05) is 48.5 Å². The maximum absolute atomic E-state index is 13.3. The normalized spacial score (nSPS) is 9.34. The number of hydrogen-bond donors (Lipinski definition) is 2. The van der Waals surface area contributed by atoms with Gasteiger partial charge in [0.15, 0.2) is 23.0 Å². The monoisotopic (exact) mass is 576 g/mol. The fourth-order valence-corrected chi connectivity index (χ4v) is 2.98. The summed E-state index contributed by atoms with van der Waals surface area (Å²) in [6, 6.07) is 18.5. The van der Waals surface area contributed by atoms with Crippen molar-refractivity contribution in [2.24, 2.45) is 0 Å². The number of aldehydes is 2. The smallest absolute Gasteiger partial charge is 0.423 e. The number of nitriles is 2. The van der Waals surface area contributed by atoms with E-state index in [1.807, 2.05) is 0 Å². The Bertz CT molecular complexity index is 1490. The molecular weight excluding hydrogens is 561 g/mol. The standard InChI is InChI=1S/C13H7FN2O.C7H7BO3.C6H2BrFN2/c14-12-5-11(7-16-13(12)6-15)10-3-1-9(8-17)2-4-10;9-5-6-1-3-7(4-2-6)8(10)11;7-4-1-5(8)6(2-9)10-3-4/h1-5,7-8H;1-5,10-11H;1,3H. The summed E-state index contributed by atoms with van der Waals surface area (Å²) < 4.78 is 26.4. The van der Waals surface area contributed by atoms with E-state index in [9.17, 15) is 18.4 Å². The molecule has 0 fully saturated rings. The van der Waals surface area contributed by atoms with Crippen molar-refractivity contribution in [3.8, 4) is 23.3 Å². The van der Waals surface area contributed by atoms with Crippen LogP contribution in [0.4, 0.5) is 8.78 Å². The molecule has 4 rings (SSSR count). The van der Waals surface area contributed by atoms with Crippen LogP contribution in [0.25, 0.3) is 11.1 Å². The zero-order valence-corrected chi connectivity index (χ0v) is 20.9. The Morgan fingerprint density at radius 1 is 0.763 bits per heavy atom. The van der Waals surface area contributed by atoms with Crippen molar-refractivity contribution in [2.75, 3.05) is 0 Å². The summed E-state index contributed by atoms with van der Waals surface area (Å²) in [6.07, 6.45) is 4.24. The van der Waals surface area contributed by atoms with Crippen LogP contribution >= 0.6 is 15.9 Å². The summed E-state index contributed by atoms with van der Waals surface area (Å²) in [6.45, 7) is 0. The molecule has 0 saturated carbocycles. The van der Waals surface area contributed by atoms with Gasteiger partial charge in [-0.15, -0.1) is 0 Å². The number of rotatable bonds is 4. The Morgan fingerprint density at radius 2 is 1.24 bits per heavy atom. The highest BCUT2D eigenvalue weighted by Crippen LogP contribution is 2.20. The molecule has 0 atom stereocenters. The van der Waals surface area contributed by atoms with Crippen LogP contribution in [0, 0.1) is 34.3 Å². The van der Waals surface area contributed by atoms with Crippen LogP contribution < -0.4 is 5.46 Å². The molecule has 0 radical (unpaired) electrons. The minimum Gasteiger partial charge on any atom is -0.423 e. The van der Waals surface area contributed by atoms with Gasteiger partial charge in [0.2, 0.25) is 0 Å². The topological polar surface area (TPSA) is 148 Å². The van der Waals surface area contributed by atoms with E-state index in [1.54, 1.807) is 36.4 Å². The second-order valence-corrected chi connectivity index (χ2v) is 8.08. The quantitative estimate of drug-likeness (QED) is 0.276. The first kappa shape index (κ1) is 29.6. The third-order valence-corrected chi connectivity index (χ3v) is 5.05. The number of pyridine rings is 2. The Balaban J connectivity index is 0.000000211. The van der Waals surface area contributed by atoms with Gasteiger partial charge in [0.1, 0.15) is 24.7 Å². The Kier molecular flexibility index (Phi) is 11.6. The second-order valence-electron chi connectivity index (χ2n) is 7.16. The molecule has 4 aromatic rings. The lowest BCUT2D eigenvalue weighted by Gasteiger charge is -2.02. The van der Waals surface area contributed by atoms with Crippen LogP contribution in [0.2, 0.25) is 0 Å². The van der Waals surface area contributed by atoms with Crippen LogP contribution in [0.3, 0.4) is 0 Å². The van der Waals surface area contributed by atoms with Gasteiger partial charge in [-0.2, -0.15) is 10.5 Å². The maximum atomic E-state index is 13.3. The van der Waals surface area contributed by atoms with Crippen molar-refractivity contribution in [1.29, 1.82) is 10.5 Å². The SMILES string of the molecule is N#Cc1ncc(-c2ccc(C=O)cc2)cc1F.N#Cc1ncc(Br)cc1F.O=Cc1ccc(B(O)O)cc1. The summed E-state index contributed by atoms with van der Waals surface area (Å²) >= 11 is 3.01. The zero-order valence-electron chi connectivity index (χ0n) is 19.3. The molecule has 2 N–H and O–H groups in total. The molecule has 2 aromatic heterocycles. The third-order valence-electron chi connectivity index (χ3n) is 4.61. The molecule has 0 unspecified atom stereocenters. The van der Waals surface area contributed by atoms with Crippen molar-refractivity contribution in [3.05, 3.63) is 112 Å². The third kappa shape index (κ3) is 8.80. The van der Waals surface area contributed by atoms with Gasteiger partial charge in [-0.3, -0.25) is 9.59 Å². The number of aromatic nitrogens is 2. The molecule has 0 spiro atoms. The first-order valence-electron chi connectivity index (χ1n) is 10.5. The maximum Gasteiger partial charge on any atom is 0.488 e. The van der Waals surface area contributed by atoms with Crippen LogP contribution in [-0.4, -0.2) is 39.7 Å². The highest BCUT2D eigenvalue weighted by Gasteiger charge is 2.09. The molecule has 0 amide bonds. The van der Waals surface area contributed by atoms with Crippen LogP contribution in [0.5, 0.6) is 0 Å². The van der Waals surface area contributed by atoms with E-state index < -0.39 is 18.8 Å². The fourth-order valence-electron chi connectivity index (χ4n) is 2.68. The molecular formula is C26H16BBrF2N4O4. The molecule has 0 aliphatic rings. The minimum absolute atomic E-state index is 0.178. The molecule has 8 nitrogen and oxygen atoms in total. The highest BCUT2D eigenvalue weighted by molar-refractivity contribution is 9.10. The first-order chi connectivity index (χ1) is 18.2. The second kappa shape index (κ2) is 14.8. The van der Waals surface area contributed by atoms with E-state index in [0.29, 0.717) is 32.9 Å². The molecule has 0 saturated heterocycles. The summed E-state index contributed by atoms with van der Waals surface area (Å²) in [5.74, 6) is -1.25. The Labute approximate surface area is 224 Å². The van der Waals surface area contributed by atoms with Gasteiger partial charge >= 0.3 is 7.12 Å².